The van der Waals surface area contributed by atoms with Crippen molar-refractivity contribution in [3.05, 3.63) is 12.7 Å². The molecular weight excluding hydrogens is 278 g/mol. The zero-order chi connectivity index (χ0) is 17.1. The largest absolute Gasteiger partial charge is 0.341 e. The fourth-order valence-corrected chi connectivity index (χ4v) is 2.57. The number of nitrogens with zero attached hydrogens (tertiary/aromatic N) is 2. The van der Waals surface area contributed by atoms with E-state index in [0.717, 1.165) is 25.9 Å². The minimum atomic E-state index is -0.900. The van der Waals surface area contributed by atoms with Gasteiger partial charge in [0.1, 0.15) is 5.54 Å². The highest BCUT2D eigenvalue weighted by molar-refractivity contribution is 5.93. The van der Waals surface area contributed by atoms with Crippen LogP contribution in [-0.2, 0) is 9.59 Å². The van der Waals surface area contributed by atoms with Gasteiger partial charge in [-0.15, -0.1) is 6.58 Å². The van der Waals surface area contributed by atoms with Gasteiger partial charge in [0, 0.05) is 19.1 Å². The Balaban J connectivity index is 2.68. The summed E-state index contributed by atoms with van der Waals surface area (Å²) in [6.07, 6.45) is 3.55. The fourth-order valence-electron chi connectivity index (χ4n) is 2.57. The number of piperidine rings is 1. The zero-order valence-corrected chi connectivity index (χ0v) is 14.9. The predicted octanol–water partition coefficient (Wildman–Crippen LogP) is 1.65. The Morgan fingerprint density at radius 3 is 2.09 bits per heavy atom. The molecule has 0 spiro atoms. The minimum absolute atomic E-state index is 0.0158. The van der Waals surface area contributed by atoms with Crippen LogP contribution < -0.4 is 5.32 Å². The molecule has 0 aromatic heterocycles. The van der Waals surface area contributed by atoms with Crippen LogP contribution in [0.2, 0.25) is 0 Å². The summed E-state index contributed by atoms with van der Waals surface area (Å²) in [5, 5.41) is 2.87. The van der Waals surface area contributed by atoms with Crippen LogP contribution in [0.15, 0.2) is 12.7 Å². The van der Waals surface area contributed by atoms with Crippen molar-refractivity contribution in [3.8, 4) is 0 Å². The second-order valence-electron chi connectivity index (χ2n) is 7.49. The van der Waals surface area contributed by atoms with Gasteiger partial charge in [-0.05, 0) is 54.6 Å². The van der Waals surface area contributed by atoms with Gasteiger partial charge in [0.25, 0.3) is 0 Å². The van der Waals surface area contributed by atoms with Gasteiger partial charge < -0.3 is 15.1 Å². The third-order valence-corrected chi connectivity index (χ3v) is 4.54. The van der Waals surface area contributed by atoms with Crippen molar-refractivity contribution < 1.29 is 9.59 Å². The van der Waals surface area contributed by atoms with Crippen molar-refractivity contribution in [3.63, 3.8) is 0 Å². The summed E-state index contributed by atoms with van der Waals surface area (Å²) in [5.74, 6) is -0.193. The maximum atomic E-state index is 12.7. The average Bonchev–Trinajstić information content (AvgIpc) is 2.45. The van der Waals surface area contributed by atoms with Crippen LogP contribution in [0, 0.1) is 5.41 Å². The summed E-state index contributed by atoms with van der Waals surface area (Å²) in [6, 6.07) is 0.529. The Morgan fingerprint density at radius 2 is 1.68 bits per heavy atom. The van der Waals surface area contributed by atoms with Crippen molar-refractivity contribution in [2.24, 2.45) is 5.41 Å². The molecule has 126 valence electrons. The number of amides is 2. The first-order valence-corrected chi connectivity index (χ1v) is 7.93. The highest BCUT2D eigenvalue weighted by Gasteiger charge is 2.38. The first-order valence-electron chi connectivity index (χ1n) is 7.93. The number of hydrogen-bond donors (Lipinski definition) is 1. The molecule has 0 atom stereocenters. The Bertz CT molecular complexity index is 433. The van der Waals surface area contributed by atoms with Gasteiger partial charge in [-0.25, -0.2) is 0 Å². The average molecular weight is 309 g/mol. The van der Waals surface area contributed by atoms with E-state index in [1.165, 1.54) is 0 Å². The molecule has 1 saturated heterocycles. The number of carbonyl (C=O) groups is 2. The summed E-state index contributed by atoms with van der Waals surface area (Å²) >= 11 is 0. The van der Waals surface area contributed by atoms with Crippen LogP contribution >= 0.6 is 0 Å². The molecule has 5 nitrogen and oxygen atoms in total. The summed E-state index contributed by atoms with van der Waals surface area (Å²) < 4.78 is 0. The highest BCUT2D eigenvalue weighted by Crippen LogP contribution is 2.21. The molecule has 1 rings (SSSR count). The van der Waals surface area contributed by atoms with Crippen LogP contribution in [0.1, 0.15) is 40.5 Å². The Hall–Kier alpha value is -1.36. The van der Waals surface area contributed by atoms with Crippen molar-refractivity contribution in [1.29, 1.82) is 0 Å². The topological polar surface area (TPSA) is 52.7 Å². The van der Waals surface area contributed by atoms with Gasteiger partial charge in [0.2, 0.25) is 11.8 Å². The molecule has 0 bridgehead atoms. The normalized spacial score (nSPS) is 17.5. The molecule has 1 N–H and O–H groups in total. The molecule has 0 aromatic carbocycles. The van der Waals surface area contributed by atoms with Crippen molar-refractivity contribution in [2.75, 3.05) is 27.2 Å². The lowest BCUT2D eigenvalue weighted by Crippen LogP contribution is -2.59. The van der Waals surface area contributed by atoms with E-state index in [1.807, 2.05) is 4.90 Å². The van der Waals surface area contributed by atoms with Crippen LogP contribution in [-0.4, -0.2) is 60.4 Å². The van der Waals surface area contributed by atoms with Crippen molar-refractivity contribution in [1.82, 2.24) is 15.1 Å². The first kappa shape index (κ1) is 18.7. The molecule has 1 fully saturated rings. The monoisotopic (exact) mass is 309 g/mol. The Labute approximate surface area is 134 Å². The van der Waals surface area contributed by atoms with Crippen LogP contribution in [0.5, 0.6) is 0 Å². The van der Waals surface area contributed by atoms with E-state index in [4.69, 9.17) is 0 Å². The van der Waals surface area contributed by atoms with E-state index in [-0.39, 0.29) is 11.8 Å². The molecule has 0 aliphatic carbocycles. The summed E-state index contributed by atoms with van der Waals surface area (Å²) in [6.45, 7) is 12.3. The maximum Gasteiger partial charge on any atom is 0.247 e. The van der Waals surface area contributed by atoms with Crippen LogP contribution in [0.3, 0.4) is 0 Å². The molecule has 2 amide bonds. The highest BCUT2D eigenvalue weighted by atomic mass is 16.2. The molecule has 1 heterocycles. The standard InChI is InChI=1S/C17H31N3O2/c1-8-16(2,3)14(21)18-17(4,5)15(22)20-11-9-13(10-12-20)19(6)7/h8,13H,1,9-12H2,2-7H3,(H,18,21). The van der Waals surface area contributed by atoms with E-state index >= 15 is 0 Å². The van der Waals surface area contributed by atoms with Gasteiger partial charge >= 0.3 is 0 Å². The quantitative estimate of drug-likeness (QED) is 0.786. The zero-order valence-electron chi connectivity index (χ0n) is 14.9. The van der Waals surface area contributed by atoms with E-state index in [1.54, 1.807) is 33.8 Å². The lowest BCUT2D eigenvalue weighted by molar-refractivity contribution is -0.143. The van der Waals surface area contributed by atoms with E-state index in [0.29, 0.717) is 6.04 Å². The van der Waals surface area contributed by atoms with Crippen molar-refractivity contribution in [2.45, 2.75) is 52.1 Å². The number of nitrogens with one attached hydrogen (secondary N) is 1. The minimum Gasteiger partial charge on any atom is -0.341 e. The second kappa shape index (κ2) is 6.82. The van der Waals surface area contributed by atoms with Gasteiger partial charge in [-0.1, -0.05) is 6.08 Å². The molecule has 0 aromatic rings. The van der Waals surface area contributed by atoms with Crippen LogP contribution in [0.4, 0.5) is 0 Å². The summed E-state index contributed by atoms with van der Waals surface area (Å²) in [4.78, 5) is 29.1. The number of hydrogen-bond acceptors (Lipinski definition) is 3. The van der Waals surface area contributed by atoms with Gasteiger partial charge in [-0.3, -0.25) is 9.59 Å². The summed E-state index contributed by atoms with van der Waals surface area (Å²) in [5.41, 5.74) is -1.59. The summed E-state index contributed by atoms with van der Waals surface area (Å²) in [7, 11) is 4.15. The number of carbonyl (C=O) groups excluding carboxylic acids is 2. The molecule has 22 heavy (non-hydrogen) atoms. The van der Waals surface area contributed by atoms with Gasteiger partial charge in [0.05, 0.1) is 5.41 Å². The second-order valence-corrected chi connectivity index (χ2v) is 7.49. The van der Waals surface area contributed by atoms with Gasteiger partial charge in [0.15, 0.2) is 0 Å². The SMILES string of the molecule is C=CC(C)(C)C(=O)NC(C)(C)C(=O)N1CCC(N(C)C)CC1. The third kappa shape index (κ3) is 4.32. The molecule has 1 aliphatic heterocycles. The van der Waals surface area contributed by atoms with E-state index in [9.17, 15) is 9.59 Å². The van der Waals surface area contributed by atoms with E-state index < -0.39 is 11.0 Å². The number of rotatable bonds is 5. The smallest absolute Gasteiger partial charge is 0.247 e. The molecule has 1 aliphatic rings. The van der Waals surface area contributed by atoms with Crippen LogP contribution in [0.25, 0.3) is 0 Å². The Kier molecular flexibility index (Phi) is 5.79. The third-order valence-electron chi connectivity index (χ3n) is 4.54. The lowest BCUT2D eigenvalue weighted by atomic mass is 9.90. The Morgan fingerprint density at radius 1 is 1.18 bits per heavy atom. The number of likely N-dealkylation sites (tertiary alicyclic amines) is 1. The predicted molar refractivity (Wildman–Crippen MR) is 89.5 cm³/mol. The molecular formula is C17H31N3O2. The molecule has 5 heteroatoms. The van der Waals surface area contributed by atoms with Crippen molar-refractivity contribution >= 4 is 11.8 Å². The fraction of sp³-hybridized carbons (Fsp3) is 0.765. The molecule has 0 saturated carbocycles. The van der Waals surface area contributed by atoms with E-state index in [2.05, 4.69) is 30.9 Å². The maximum absolute atomic E-state index is 12.7. The van der Waals surface area contributed by atoms with Gasteiger partial charge in [-0.2, -0.15) is 0 Å². The lowest BCUT2D eigenvalue weighted by Gasteiger charge is -2.39. The molecule has 0 unspecified atom stereocenters. The molecule has 0 radical (unpaired) electrons. The first-order chi connectivity index (χ1) is 10.0.